The lowest BCUT2D eigenvalue weighted by atomic mass is 10.2. The molecule has 98 valence electrons. The van der Waals surface area contributed by atoms with Crippen molar-refractivity contribution in [2.45, 2.75) is 26.0 Å². The van der Waals surface area contributed by atoms with Crippen LogP contribution in [0.1, 0.15) is 13.8 Å². The lowest BCUT2D eigenvalue weighted by molar-refractivity contribution is -0.145. The van der Waals surface area contributed by atoms with Gasteiger partial charge in [-0.2, -0.15) is 0 Å². The molecular weight excluding hydrogens is 224 g/mol. The van der Waals surface area contributed by atoms with E-state index in [0.29, 0.717) is 19.7 Å². The Morgan fingerprint density at radius 2 is 2.24 bits per heavy atom. The minimum Gasteiger partial charge on any atom is -0.480 e. The van der Waals surface area contributed by atoms with Gasteiger partial charge in [-0.3, -0.25) is 14.5 Å². The Labute approximate surface area is 101 Å². The van der Waals surface area contributed by atoms with Crippen molar-refractivity contribution >= 4 is 11.9 Å². The van der Waals surface area contributed by atoms with Crippen LogP contribution >= 0.6 is 0 Å². The van der Waals surface area contributed by atoms with E-state index in [1.807, 2.05) is 6.92 Å². The number of ether oxygens (including phenoxy) is 1. The monoisotopic (exact) mass is 244 g/mol. The zero-order chi connectivity index (χ0) is 13.0. The molecule has 1 aliphatic heterocycles. The second-order valence-corrected chi connectivity index (χ2v) is 4.45. The lowest BCUT2D eigenvalue weighted by Gasteiger charge is -2.32. The van der Waals surface area contributed by atoms with Gasteiger partial charge in [0.1, 0.15) is 6.04 Å². The van der Waals surface area contributed by atoms with Crippen molar-refractivity contribution in [1.29, 1.82) is 0 Å². The maximum Gasteiger partial charge on any atom is 0.320 e. The van der Waals surface area contributed by atoms with Crippen LogP contribution in [-0.2, 0) is 14.3 Å². The minimum absolute atomic E-state index is 0.0456. The van der Waals surface area contributed by atoms with Crippen molar-refractivity contribution in [3.8, 4) is 0 Å². The number of morpholine rings is 1. The van der Waals surface area contributed by atoms with Gasteiger partial charge < -0.3 is 14.7 Å². The molecule has 1 rings (SSSR count). The molecule has 6 nitrogen and oxygen atoms in total. The van der Waals surface area contributed by atoms with Crippen molar-refractivity contribution in [1.82, 2.24) is 9.80 Å². The Balaban J connectivity index is 2.45. The highest BCUT2D eigenvalue weighted by molar-refractivity contribution is 5.80. The highest BCUT2D eigenvalue weighted by Crippen LogP contribution is 2.06. The highest BCUT2D eigenvalue weighted by atomic mass is 16.5. The number of aliphatic carboxylic acids is 1. The highest BCUT2D eigenvalue weighted by Gasteiger charge is 2.25. The molecule has 2 unspecified atom stereocenters. The molecule has 2 atom stereocenters. The molecule has 1 N–H and O–H groups in total. The number of amides is 1. The molecule has 1 saturated heterocycles. The molecule has 1 amide bonds. The second-order valence-electron chi connectivity index (χ2n) is 4.45. The number of carboxylic acid groups (broad SMARTS) is 1. The molecule has 0 spiro atoms. The summed E-state index contributed by atoms with van der Waals surface area (Å²) in [4.78, 5) is 25.9. The average molecular weight is 244 g/mol. The molecule has 0 bridgehead atoms. The van der Waals surface area contributed by atoms with Gasteiger partial charge in [-0.25, -0.2) is 0 Å². The van der Waals surface area contributed by atoms with Crippen molar-refractivity contribution in [3.05, 3.63) is 0 Å². The van der Waals surface area contributed by atoms with Gasteiger partial charge in [0.25, 0.3) is 0 Å². The molecule has 6 heteroatoms. The summed E-state index contributed by atoms with van der Waals surface area (Å²) in [6.45, 7) is 5.32. The molecule has 0 saturated carbocycles. The van der Waals surface area contributed by atoms with Gasteiger partial charge in [-0.05, 0) is 20.9 Å². The summed E-state index contributed by atoms with van der Waals surface area (Å²) in [5.74, 6) is -0.966. The molecule has 0 radical (unpaired) electrons. The van der Waals surface area contributed by atoms with E-state index in [0.717, 1.165) is 0 Å². The summed E-state index contributed by atoms with van der Waals surface area (Å²) in [7, 11) is 1.64. The zero-order valence-corrected chi connectivity index (χ0v) is 10.5. The predicted octanol–water partition coefficient (Wildman–Crippen LogP) is -0.361. The Kier molecular flexibility index (Phi) is 4.89. The molecule has 0 aromatic heterocycles. The first kappa shape index (κ1) is 13.9. The van der Waals surface area contributed by atoms with Crippen molar-refractivity contribution < 1.29 is 19.4 Å². The number of hydrogen-bond acceptors (Lipinski definition) is 4. The number of hydrogen-bond donors (Lipinski definition) is 1. The van der Waals surface area contributed by atoms with Crippen molar-refractivity contribution in [2.24, 2.45) is 0 Å². The van der Waals surface area contributed by atoms with E-state index in [4.69, 9.17) is 9.84 Å². The molecule has 17 heavy (non-hydrogen) atoms. The Morgan fingerprint density at radius 1 is 1.59 bits per heavy atom. The molecule has 1 aliphatic rings. The Morgan fingerprint density at radius 3 is 2.76 bits per heavy atom. The van der Waals surface area contributed by atoms with Crippen LogP contribution in [0.4, 0.5) is 0 Å². The number of carbonyl (C=O) groups excluding carboxylic acids is 1. The van der Waals surface area contributed by atoms with Crippen LogP contribution in [0.25, 0.3) is 0 Å². The maximum atomic E-state index is 11.9. The van der Waals surface area contributed by atoms with Gasteiger partial charge in [0.15, 0.2) is 0 Å². The van der Waals surface area contributed by atoms with Crippen LogP contribution in [0.15, 0.2) is 0 Å². The summed E-state index contributed by atoms with van der Waals surface area (Å²) >= 11 is 0. The summed E-state index contributed by atoms with van der Waals surface area (Å²) in [6.07, 6.45) is 0.0508. The average Bonchev–Trinajstić information content (AvgIpc) is 2.27. The van der Waals surface area contributed by atoms with Gasteiger partial charge in [0.2, 0.25) is 5.91 Å². The molecular formula is C11H20N2O4. The minimum atomic E-state index is -0.921. The van der Waals surface area contributed by atoms with Gasteiger partial charge in [0, 0.05) is 13.1 Å². The number of rotatable bonds is 4. The van der Waals surface area contributed by atoms with E-state index in [1.165, 1.54) is 4.90 Å². The zero-order valence-electron chi connectivity index (χ0n) is 10.5. The third-order valence-electron chi connectivity index (χ3n) is 3.00. The van der Waals surface area contributed by atoms with Crippen LogP contribution in [-0.4, -0.2) is 72.2 Å². The summed E-state index contributed by atoms with van der Waals surface area (Å²) in [5, 5.41) is 8.83. The maximum absolute atomic E-state index is 11.9. The molecule has 1 heterocycles. The fourth-order valence-corrected chi connectivity index (χ4v) is 1.68. The molecule has 1 fully saturated rings. The van der Waals surface area contributed by atoms with Crippen LogP contribution in [0.5, 0.6) is 0 Å². The molecule has 0 aromatic rings. The quantitative estimate of drug-likeness (QED) is 0.731. The van der Waals surface area contributed by atoms with Crippen molar-refractivity contribution in [2.75, 3.05) is 33.3 Å². The first-order valence-corrected chi connectivity index (χ1v) is 5.74. The summed E-state index contributed by atoms with van der Waals surface area (Å²) in [5.41, 5.74) is 0. The standard InChI is InChI=1S/C11H20N2O4/c1-8-6-13(4-5-17-8)10(14)7-12(3)9(2)11(15)16/h8-9H,4-7H2,1-3H3,(H,15,16). The van der Waals surface area contributed by atoms with E-state index in [1.54, 1.807) is 18.9 Å². The van der Waals surface area contributed by atoms with Crippen molar-refractivity contribution in [3.63, 3.8) is 0 Å². The lowest BCUT2D eigenvalue weighted by Crippen LogP contribution is -2.49. The van der Waals surface area contributed by atoms with E-state index in [-0.39, 0.29) is 18.6 Å². The third-order valence-corrected chi connectivity index (χ3v) is 3.00. The van der Waals surface area contributed by atoms with Gasteiger partial charge in [0.05, 0.1) is 19.3 Å². The number of carboxylic acids is 1. The Bertz CT molecular complexity index is 295. The molecule has 0 aromatic carbocycles. The molecule has 0 aliphatic carbocycles. The summed E-state index contributed by atoms with van der Waals surface area (Å²) in [6, 6.07) is -0.655. The van der Waals surface area contributed by atoms with Gasteiger partial charge >= 0.3 is 5.97 Å². The predicted molar refractivity (Wildman–Crippen MR) is 61.7 cm³/mol. The SMILES string of the molecule is CC1CN(C(=O)CN(C)C(C)C(=O)O)CCO1. The van der Waals surface area contributed by atoms with Crippen LogP contribution in [0.3, 0.4) is 0 Å². The van der Waals surface area contributed by atoms with Gasteiger partial charge in [-0.1, -0.05) is 0 Å². The fraction of sp³-hybridized carbons (Fsp3) is 0.818. The first-order valence-electron chi connectivity index (χ1n) is 5.74. The number of likely N-dealkylation sites (N-methyl/N-ethyl adjacent to an activating group) is 1. The largest absolute Gasteiger partial charge is 0.480 e. The number of carbonyl (C=O) groups is 2. The smallest absolute Gasteiger partial charge is 0.320 e. The van der Waals surface area contributed by atoms with E-state index in [9.17, 15) is 9.59 Å². The fourth-order valence-electron chi connectivity index (χ4n) is 1.68. The Hall–Kier alpha value is -1.14. The second kappa shape index (κ2) is 5.97. The van der Waals surface area contributed by atoms with E-state index < -0.39 is 12.0 Å². The van der Waals surface area contributed by atoms with Crippen LogP contribution in [0.2, 0.25) is 0 Å². The van der Waals surface area contributed by atoms with Crippen LogP contribution in [0, 0.1) is 0 Å². The van der Waals surface area contributed by atoms with Gasteiger partial charge in [-0.15, -0.1) is 0 Å². The number of nitrogens with zero attached hydrogens (tertiary/aromatic N) is 2. The topological polar surface area (TPSA) is 70.1 Å². The normalized spacial score (nSPS) is 22.6. The van der Waals surface area contributed by atoms with E-state index >= 15 is 0 Å². The summed E-state index contributed by atoms with van der Waals surface area (Å²) < 4.78 is 5.35. The van der Waals surface area contributed by atoms with Crippen LogP contribution < -0.4 is 0 Å². The first-order chi connectivity index (χ1) is 7.91. The van der Waals surface area contributed by atoms with E-state index in [2.05, 4.69) is 0 Å². The third kappa shape index (κ3) is 3.98.